The van der Waals surface area contributed by atoms with Crippen molar-refractivity contribution in [3.8, 4) is 11.8 Å². The number of anilines is 1. The molecule has 28 heavy (non-hydrogen) atoms. The SMILES string of the molecule is COc1ccc(SC(C)C(=O)Nc2ncc(Cc3ccc(C#N)cc3)s2)cc1. The molecular weight excluding hydrogens is 390 g/mol. The number of nitrogens with zero attached hydrogens (tertiary/aromatic N) is 2. The lowest BCUT2D eigenvalue weighted by molar-refractivity contribution is -0.115. The lowest BCUT2D eigenvalue weighted by Gasteiger charge is -2.10. The minimum Gasteiger partial charge on any atom is -0.497 e. The molecule has 0 bridgehead atoms. The molecule has 1 aromatic heterocycles. The molecule has 0 radical (unpaired) electrons. The van der Waals surface area contributed by atoms with Crippen molar-refractivity contribution in [1.82, 2.24) is 4.98 Å². The molecule has 1 N–H and O–H groups in total. The van der Waals surface area contributed by atoms with Crippen LogP contribution in [-0.4, -0.2) is 23.3 Å². The van der Waals surface area contributed by atoms with Gasteiger partial charge in [-0.2, -0.15) is 5.26 Å². The van der Waals surface area contributed by atoms with Crippen LogP contribution < -0.4 is 10.1 Å². The fourth-order valence-electron chi connectivity index (χ4n) is 2.46. The average molecular weight is 410 g/mol. The summed E-state index contributed by atoms with van der Waals surface area (Å²) in [5.74, 6) is 0.708. The van der Waals surface area contributed by atoms with Gasteiger partial charge in [-0.05, 0) is 48.9 Å². The lowest BCUT2D eigenvalue weighted by Crippen LogP contribution is -2.22. The van der Waals surface area contributed by atoms with Gasteiger partial charge in [0.25, 0.3) is 0 Å². The zero-order valence-corrected chi connectivity index (χ0v) is 17.1. The fraction of sp³-hybridized carbons (Fsp3) is 0.190. The van der Waals surface area contributed by atoms with Crippen LogP contribution in [0.4, 0.5) is 5.13 Å². The summed E-state index contributed by atoms with van der Waals surface area (Å²) in [7, 11) is 1.63. The Morgan fingerprint density at radius 3 is 2.61 bits per heavy atom. The molecule has 1 atom stereocenters. The number of ether oxygens (including phenoxy) is 1. The van der Waals surface area contributed by atoms with Crippen molar-refractivity contribution >= 4 is 34.1 Å². The maximum atomic E-state index is 12.5. The van der Waals surface area contributed by atoms with Gasteiger partial charge >= 0.3 is 0 Å². The summed E-state index contributed by atoms with van der Waals surface area (Å²) in [6.45, 7) is 1.87. The molecule has 0 aliphatic heterocycles. The highest BCUT2D eigenvalue weighted by Gasteiger charge is 2.16. The summed E-state index contributed by atoms with van der Waals surface area (Å²) in [5, 5.41) is 12.1. The van der Waals surface area contributed by atoms with Crippen molar-refractivity contribution < 1.29 is 9.53 Å². The molecule has 0 aliphatic carbocycles. The van der Waals surface area contributed by atoms with Crippen LogP contribution in [0.3, 0.4) is 0 Å². The number of hydrogen-bond donors (Lipinski definition) is 1. The van der Waals surface area contributed by atoms with Crippen LogP contribution in [0.15, 0.2) is 59.6 Å². The first-order valence-corrected chi connectivity index (χ1v) is 10.3. The summed E-state index contributed by atoms with van der Waals surface area (Å²) in [5.41, 5.74) is 1.74. The third-order valence-electron chi connectivity index (χ3n) is 3.99. The summed E-state index contributed by atoms with van der Waals surface area (Å²) >= 11 is 2.95. The molecule has 0 fully saturated rings. The smallest absolute Gasteiger partial charge is 0.239 e. The molecule has 1 heterocycles. The average Bonchev–Trinajstić information content (AvgIpc) is 3.15. The van der Waals surface area contributed by atoms with E-state index in [0.717, 1.165) is 27.5 Å². The molecule has 0 spiro atoms. The van der Waals surface area contributed by atoms with Crippen molar-refractivity contribution in [1.29, 1.82) is 5.26 Å². The van der Waals surface area contributed by atoms with Gasteiger partial charge in [-0.15, -0.1) is 23.1 Å². The Morgan fingerprint density at radius 1 is 1.25 bits per heavy atom. The van der Waals surface area contributed by atoms with Gasteiger partial charge in [0.15, 0.2) is 5.13 Å². The number of nitriles is 1. The van der Waals surface area contributed by atoms with Crippen molar-refractivity contribution in [2.45, 2.75) is 23.5 Å². The Balaban J connectivity index is 1.55. The van der Waals surface area contributed by atoms with Crippen LogP contribution >= 0.6 is 23.1 Å². The van der Waals surface area contributed by atoms with Gasteiger partial charge < -0.3 is 10.1 Å². The van der Waals surface area contributed by atoms with E-state index in [4.69, 9.17) is 10.00 Å². The van der Waals surface area contributed by atoms with Crippen LogP contribution in [0.5, 0.6) is 5.75 Å². The Kier molecular flexibility index (Phi) is 6.69. The normalized spacial score (nSPS) is 11.5. The maximum absolute atomic E-state index is 12.5. The van der Waals surface area contributed by atoms with Crippen LogP contribution in [-0.2, 0) is 11.2 Å². The minimum absolute atomic E-state index is 0.0832. The van der Waals surface area contributed by atoms with E-state index in [-0.39, 0.29) is 11.2 Å². The number of aromatic nitrogens is 1. The first-order chi connectivity index (χ1) is 13.6. The quantitative estimate of drug-likeness (QED) is 0.571. The Morgan fingerprint density at radius 2 is 1.96 bits per heavy atom. The van der Waals surface area contributed by atoms with E-state index in [9.17, 15) is 4.79 Å². The first-order valence-electron chi connectivity index (χ1n) is 8.62. The summed E-state index contributed by atoms with van der Waals surface area (Å²) < 4.78 is 5.15. The molecule has 1 unspecified atom stereocenters. The topological polar surface area (TPSA) is 75.0 Å². The Bertz CT molecular complexity index is 976. The predicted molar refractivity (Wildman–Crippen MR) is 113 cm³/mol. The number of rotatable bonds is 7. The second-order valence-electron chi connectivity index (χ2n) is 6.04. The van der Waals surface area contributed by atoms with E-state index in [1.54, 1.807) is 25.4 Å². The molecule has 0 aliphatic rings. The number of carbonyl (C=O) groups is 1. The number of hydrogen-bond acceptors (Lipinski definition) is 6. The highest BCUT2D eigenvalue weighted by Crippen LogP contribution is 2.27. The summed E-state index contributed by atoms with van der Waals surface area (Å²) in [6.07, 6.45) is 2.50. The van der Waals surface area contributed by atoms with E-state index in [2.05, 4.69) is 16.4 Å². The molecule has 5 nitrogen and oxygen atoms in total. The van der Waals surface area contributed by atoms with Gasteiger partial charge in [-0.1, -0.05) is 12.1 Å². The second-order valence-corrected chi connectivity index (χ2v) is 8.57. The van der Waals surface area contributed by atoms with E-state index in [0.29, 0.717) is 10.7 Å². The van der Waals surface area contributed by atoms with E-state index < -0.39 is 0 Å². The van der Waals surface area contributed by atoms with Crippen molar-refractivity contribution in [3.05, 3.63) is 70.7 Å². The van der Waals surface area contributed by atoms with E-state index in [1.807, 2.05) is 43.3 Å². The zero-order valence-electron chi connectivity index (χ0n) is 15.5. The van der Waals surface area contributed by atoms with Crippen LogP contribution in [0.25, 0.3) is 0 Å². The third-order valence-corrected chi connectivity index (χ3v) is 6.01. The van der Waals surface area contributed by atoms with Gasteiger partial charge in [0.1, 0.15) is 5.75 Å². The highest BCUT2D eigenvalue weighted by atomic mass is 32.2. The van der Waals surface area contributed by atoms with Crippen LogP contribution in [0.1, 0.15) is 22.9 Å². The van der Waals surface area contributed by atoms with Crippen molar-refractivity contribution in [2.75, 3.05) is 12.4 Å². The zero-order chi connectivity index (χ0) is 19.9. The van der Waals surface area contributed by atoms with Gasteiger partial charge in [-0.25, -0.2) is 4.98 Å². The summed E-state index contributed by atoms with van der Waals surface area (Å²) in [4.78, 5) is 18.8. The molecule has 142 valence electrons. The standard InChI is InChI=1S/C21H19N3O2S2/c1-14(27-18-9-7-17(26-2)8-10-18)20(25)24-21-23-13-19(28-21)11-15-3-5-16(12-22)6-4-15/h3-10,13-14H,11H2,1-2H3,(H,23,24,25). The number of nitrogens with one attached hydrogen (secondary N) is 1. The van der Waals surface area contributed by atoms with Gasteiger partial charge in [0.2, 0.25) is 5.91 Å². The molecule has 3 rings (SSSR count). The Hall–Kier alpha value is -2.82. The number of benzene rings is 2. The second kappa shape index (κ2) is 9.40. The van der Waals surface area contributed by atoms with Crippen LogP contribution in [0, 0.1) is 11.3 Å². The predicted octanol–water partition coefficient (Wildman–Crippen LogP) is 4.73. The van der Waals surface area contributed by atoms with Crippen molar-refractivity contribution in [2.24, 2.45) is 0 Å². The molecule has 7 heteroatoms. The number of thioether (sulfide) groups is 1. The van der Waals surface area contributed by atoms with E-state index >= 15 is 0 Å². The maximum Gasteiger partial charge on any atom is 0.239 e. The van der Waals surface area contributed by atoms with Gasteiger partial charge in [0.05, 0.1) is 24.0 Å². The minimum atomic E-state index is -0.251. The molecular formula is C21H19N3O2S2. The summed E-state index contributed by atoms with van der Waals surface area (Å²) in [6, 6.07) is 17.2. The molecule has 3 aromatic rings. The van der Waals surface area contributed by atoms with Gasteiger partial charge in [0, 0.05) is 22.4 Å². The number of carbonyl (C=O) groups excluding carboxylic acids is 1. The van der Waals surface area contributed by atoms with Gasteiger partial charge in [-0.3, -0.25) is 4.79 Å². The largest absolute Gasteiger partial charge is 0.497 e. The lowest BCUT2D eigenvalue weighted by atomic mass is 10.1. The van der Waals surface area contributed by atoms with E-state index in [1.165, 1.54) is 23.1 Å². The molecule has 1 amide bonds. The monoisotopic (exact) mass is 409 g/mol. The fourth-order valence-corrected chi connectivity index (χ4v) is 4.18. The number of methoxy groups -OCH3 is 1. The highest BCUT2D eigenvalue weighted by molar-refractivity contribution is 8.00. The number of amides is 1. The van der Waals surface area contributed by atoms with Crippen molar-refractivity contribution in [3.63, 3.8) is 0 Å². The van der Waals surface area contributed by atoms with Crippen LogP contribution in [0.2, 0.25) is 0 Å². The molecule has 2 aromatic carbocycles. The third kappa shape index (κ3) is 5.35. The molecule has 0 saturated heterocycles. The Labute approximate surface area is 172 Å². The molecule has 0 saturated carbocycles. The number of thiazole rings is 1. The first kappa shape index (κ1) is 19.9.